The fourth-order valence-electron chi connectivity index (χ4n) is 3.27. The molecule has 0 amide bonds. The fourth-order valence-corrected chi connectivity index (χ4v) is 6.23. The second-order valence-corrected chi connectivity index (χ2v) is 8.04. The van der Waals surface area contributed by atoms with E-state index in [2.05, 4.69) is 7.57 Å². The van der Waals surface area contributed by atoms with Gasteiger partial charge in [0.25, 0.3) is 0 Å². The van der Waals surface area contributed by atoms with Crippen LogP contribution in [0.5, 0.6) is 0 Å². The molecule has 0 spiro atoms. The Morgan fingerprint density at radius 2 is 1.00 bits per heavy atom. The first-order valence-corrected chi connectivity index (χ1v) is 8.52. The predicted molar refractivity (Wildman–Crippen MR) is 69.2 cm³/mol. The van der Waals surface area contributed by atoms with Gasteiger partial charge in [-0.2, -0.15) is 0 Å². The summed E-state index contributed by atoms with van der Waals surface area (Å²) in [5, 5.41) is 0. The van der Waals surface area contributed by atoms with Crippen molar-refractivity contribution in [3.8, 4) is 0 Å². The van der Waals surface area contributed by atoms with Crippen molar-refractivity contribution in [1.82, 2.24) is 0 Å². The summed E-state index contributed by atoms with van der Waals surface area (Å²) in [6.45, 7) is 0. The van der Waals surface area contributed by atoms with Gasteiger partial charge >= 0.3 is 0 Å². The van der Waals surface area contributed by atoms with E-state index in [-0.39, 0.29) is 0 Å². The third-order valence-electron chi connectivity index (χ3n) is 4.30. The summed E-state index contributed by atoms with van der Waals surface area (Å²) in [6, 6.07) is 0. The molecule has 2 rings (SSSR count). The minimum atomic E-state index is 0.383. The molecule has 2 saturated carbocycles. The van der Waals surface area contributed by atoms with E-state index >= 15 is 0 Å². The minimum absolute atomic E-state index is 0.383. The number of hydrogen-bond donors (Lipinski definition) is 0. The summed E-state index contributed by atoms with van der Waals surface area (Å²) in [4.78, 5) is 0. The maximum atomic E-state index is 2.61. The molecule has 0 aromatic heterocycles. The Morgan fingerprint density at radius 3 is 1.36 bits per heavy atom. The summed E-state index contributed by atoms with van der Waals surface area (Å²) in [7, 11) is 3.00. The zero-order valence-electron chi connectivity index (χ0n) is 9.67. The SMILES string of the molecule is BP(C1CCCCC1)C1CCCCC1. The molecule has 14 heavy (non-hydrogen) atoms. The van der Waals surface area contributed by atoms with Crippen molar-refractivity contribution in [2.75, 3.05) is 0 Å². The molecule has 0 nitrogen and oxygen atoms in total. The van der Waals surface area contributed by atoms with Gasteiger partial charge in [0.2, 0.25) is 0 Å². The molecule has 0 bridgehead atoms. The van der Waals surface area contributed by atoms with E-state index in [4.69, 9.17) is 0 Å². The van der Waals surface area contributed by atoms with Crippen molar-refractivity contribution >= 4 is 15.4 Å². The molecule has 0 heterocycles. The highest BCUT2D eigenvalue weighted by atomic mass is 31.1. The van der Waals surface area contributed by atoms with E-state index in [1.54, 1.807) is 25.7 Å². The van der Waals surface area contributed by atoms with E-state index in [0.717, 1.165) is 11.3 Å². The predicted octanol–water partition coefficient (Wildman–Crippen LogP) is 3.68. The maximum absolute atomic E-state index is 2.61. The van der Waals surface area contributed by atoms with E-state index in [0.29, 0.717) is 7.80 Å². The summed E-state index contributed by atoms with van der Waals surface area (Å²) in [5.41, 5.74) is 2.31. The molecule has 0 aliphatic heterocycles. The molecule has 0 aromatic rings. The summed E-state index contributed by atoms with van der Waals surface area (Å²) < 4.78 is 0. The molecule has 0 unspecified atom stereocenters. The van der Waals surface area contributed by atoms with Crippen LogP contribution in [-0.2, 0) is 0 Å². The second kappa shape index (κ2) is 5.54. The highest BCUT2D eigenvalue weighted by Gasteiger charge is 2.26. The third-order valence-corrected chi connectivity index (χ3v) is 7.64. The van der Waals surface area contributed by atoms with E-state index in [1.807, 2.05) is 0 Å². The Balaban J connectivity index is 1.82. The lowest BCUT2D eigenvalue weighted by molar-refractivity contribution is 0.488. The molecule has 0 atom stereocenters. The molecule has 0 aromatic carbocycles. The van der Waals surface area contributed by atoms with E-state index < -0.39 is 0 Å². The minimum Gasteiger partial charge on any atom is -0.143 e. The molecule has 0 radical (unpaired) electrons. The highest BCUT2D eigenvalue weighted by Crippen LogP contribution is 2.51. The van der Waals surface area contributed by atoms with E-state index in [1.165, 1.54) is 38.5 Å². The molecular weight excluding hydrogens is 186 g/mol. The lowest BCUT2D eigenvalue weighted by atomic mass is 9.99. The smallest absolute Gasteiger partial charge is 0.134 e. The zero-order chi connectivity index (χ0) is 9.80. The van der Waals surface area contributed by atoms with Crippen LogP contribution in [0.15, 0.2) is 0 Å². The molecule has 2 aliphatic rings. The number of hydrogen-bond acceptors (Lipinski definition) is 0. The Kier molecular flexibility index (Phi) is 4.35. The molecule has 0 N–H and O–H groups in total. The van der Waals surface area contributed by atoms with Gasteiger partial charge in [-0.15, -0.1) is 7.80 Å². The molecular formula is C12H24BP. The lowest BCUT2D eigenvalue weighted by Gasteiger charge is -2.36. The summed E-state index contributed by atoms with van der Waals surface area (Å²) in [6.07, 6.45) is 15.4. The molecule has 2 fully saturated rings. The first-order chi connectivity index (χ1) is 6.88. The van der Waals surface area contributed by atoms with Crippen LogP contribution in [0.3, 0.4) is 0 Å². The van der Waals surface area contributed by atoms with Gasteiger partial charge in [0.15, 0.2) is 0 Å². The second-order valence-electron chi connectivity index (χ2n) is 5.25. The van der Waals surface area contributed by atoms with Crippen molar-refractivity contribution < 1.29 is 0 Å². The van der Waals surface area contributed by atoms with Crippen LogP contribution in [0.1, 0.15) is 64.2 Å². The van der Waals surface area contributed by atoms with Crippen molar-refractivity contribution in [3.05, 3.63) is 0 Å². The zero-order valence-corrected chi connectivity index (χ0v) is 10.6. The van der Waals surface area contributed by atoms with Crippen molar-refractivity contribution in [2.24, 2.45) is 0 Å². The van der Waals surface area contributed by atoms with Gasteiger partial charge < -0.3 is 0 Å². The Labute approximate surface area is 91.4 Å². The molecule has 2 heteroatoms. The molecule has 80 valence electrons. The highest BCUT2D eigenvalue weighted by molar-refractivity contribution is 7.83. The molecule has 2 aliphatic carbocycles. The van der Waals surface area contributed by atoms with Crippen LogP contribution in [0.25, 0.3) is 0 Å². The fraction of sp³-hybridized carbons (Fsp3) is 1.00. The molecule has 0 saturated heterocycles. The third kappa shape index (κ3) is 2.75. The van der Waals surface area contributed by atoms with Crippen LogP contribution in [-0.4, -0.2) is 18.9 Å². The summed E-state index contributed by atoms with van der Waals surface area (Å²) in [5.74, 6) is 0. The Hall–Kier alpha value is 0.495. The van der Waals surface area contributed by atoms with Gasteiger partial charge in [-0.1, -0.05) is 38.5 Å². The van der Waals surface area contributed by atoms with Gasteiger partial charge in [-0.05, 0) is 37.0 Å². The quantitative estimate of drug-likeness (QED) is 0.481. The average molecular weight is 210 g/mol. The lowest BCUT2D eigenvalue weighted by Crippen LogP contribution is -2.20. The Morgan fingerprint density at radius 1 is 0.643 bits per heavy atom. The van der Waals surface area contributed by atoms with Crippen molar-refractivity contribution in [3.63, 3.8) is 0 Å². The van der Waals surface area contributed by atoms with Crippen LogP contribution < -0.4 is 0 Å². The first kappa shape index (κ1) is 11.0. The van der Waals surface area contributed by atoms with Crippen LogP contribution in [0, 0.1) is 0 Å². The van der Waals surface area contributed by atoms with Gasteiger partial charge in [0, 0.05) is 0 Å². The van der Waals surface area contributed by atoms with Gasteiger partial charge in [0.05, 0.1) is 0 Å². The van der Waals surface area contributed by atoms with Crippen LogP contribution in [0.2, 0.25) is 0 Å². The average Bonchev–Trinajstić information content (AvgIpc) is 2.30. The van der Waals surface area contributed by atoms with Crippen molar-refractivity contribution in [1.29, 1.82) is 0 Å². The van der Waals surface area contributed by atoms with Crippen LogP contribution >= 0.6 is 7.80 Å². The topological polar surface area (TPSA) is 0 Å². The van der Waals surface area contributed by atoms with Gasteiger partial charge in [0.1, 0.15) is 7.57 Å². The van der Waals surface area contributed by atoms with Gasteiger partial charge in [-0.3, -0.25) is 0 Å². The standard InChI is InChI=1S/C12H24BP/c13-14(11-7-3-1-4-8-11)12-9-5-2-6-10-12/h11-12H,1-10,13H2. The Bertz CT molecular complexity index is 142. The van der Waals surface area contributed by atoms with Crippen molar-refractivity contribution in [2.45, 2.75) is 75.5 Å². The first-order valence-electron chi connectivity index (χ1n) is 6.60. The van der Waals surface area contributed by atoms with Gasteiger partial charge in [-0.25, -0.2) is 0 Å². The largest absolute Gasteiger partial charge is 0.143 e. The number of rotatable bonds is 2. The monoisotopic (exact) mass is 210 g/mol. The van der Waals surface area contributed by atoms with Crippen LogP contribution in [0.4, 0.5) is 0 Å². The normalized spacial score (nSPS) is 26.9. The summed E-state index contributed by atoms with van der Waals surface area (Å²) >= 11 is 0. The maximum Gasteiger partial charge on any atom is 0.134 e. The van der Waals surface area contributed by atoms with E-state index in [9.17, 15) is 0 Å².